The molecule has 1 aromatic carbocycles. The minimum Gasteiger partial charge on any atom is -0.480 e. The van der Waals surface area contributed by atoms with Crippen LogP contribution in [0.3, 0.4) is 0 Å². The molecule has 7 heteroatoms. The topological polar surface area (TPSA) is 84.7 Å². The maximum Gasteiger partial charge on any atom is 0.329 e. The Bertz CT molecular complexity index is 888. The number of carboxylic acids is 1. The van der Waals surface area contributed by atoms with E-state index in [1.54, 1.807) is 17.4 Å². The van der Waals surface area contributed by atoms with Crippen LogP contribution in [-0.4, -0.2) is 33.4 Å². The van der Waals surface area contributed by atoms with E-state index in [1.165, 1.54) is 0 Å². The van der Waals surface area contributed by atoms with Crippen molar-refractivity contribution in [3.8, 4) is 0 Å². The van der Waals surface area contributed by atoms with E-state index in [0.29, 0.717) is 12.2 Å². The Morgan fingerprint density at radius 1 is 1.20 bits per heavy atom. The number of aromatic nitrogens is 2. The third kappa shape index (κ3) is 4.68. The number of ether oxygens (including phenoxy) is 1. The number of hydrogen-bond acceptors (Lipinski definition) is 6. The number of para-hydroxylation sites is 1. The molecule has 1 N–H and O–H groups in total. The summed E-state index contributed by atoms with van der Waals surface area (Å²) in [5.41, 5.74) is 3.22. The van der Waals surface area contributed by atoms with Gasteiger partial charge in [0, 0.05) is 0 Å². The van der Waals surface area contributed by atoms with Crippen molar-refractivity contribution in [2.24, 2.45) is 4.99 Å². The van der Waals surface area contributed by atoms with Gasteiger partial charge in [0.15, 0.2) is 0 Å². The number of fused-ring (bicyclic) bond motifs is 1. The fraction of sp³-hybridized carbons (Fsp3) is 0.222. The fourth-order valence-electron chi connectivity index (χ4n) is 2.26. The van der Waals surface area contributed by atoms with Crippen molar-refractivity contribution in [1.29, 1.82) is 0 Å². The van der Waals surface area contributed by atoms with Crippen LogP contribution in [0.4, 0.5) is 0 Å². The van der Waals surface area contributed by atoms with Crippen LogP contribution in [0, 0.1) is 0 Å². The molecule has 0 radical (unpaired) electrons. The van der Waals surface area contributed by atoms with Crippen molar-refractivity contribution in [2.75, 3.05) is 6.61 Å². The molecular formula is C18H17N3O3S. The minimum absolute atomic E-state index is 0.158. The Balaban J connectivity index is 1.68. The summed E-state index contributed by atoms with van der Waals surface area (Å²) in [6.07, 6.45) is 0. The molecule has 0 amide bonds. The summed E-state index contributed by atoms with van der Waals surface area (Å²) in [5, 5.41) is 9.56. The standard InChI is InChI=1S/C18H17N3O3S/c1-12(14-7-4-5-13(20-14)10-24-11-18(22)23)19-9-17-21-15-6-2-3-8-16(15)25-17/h2-8H,9-11H2,1H3,(H,22,23). The molecule has 0 bridgehead atoms. The van der Waals surface area contributed by atoms with Gasteiger partial charge in [-0.15, -0.1) is 11.3 Å². The molecule has 0 aliphatic carbocycles. The SMILES string of the molecule is CC(=NCc1nc2ccccc2s1)c1cccc(COCC(=O)O)n1. The van der Waals surface area contributed by atoms with Crippen LogP contribution in [0.25, 0.3) is 10.2 Å². The first-order valence-electron chi connectivity index (χ1n) is 7.73. The molecule has 0 saturated heterocycles. The van der Waals surface area contributed by atoms with Gasteiger partial charge in [-0.3, -0.25) is 4.99 Å². The van der Waals surface area contributed by atoms with Crippen molar-refractivity contribution in [3.05, 3.63) is 58.9 Å². The molecule has 0 saturated carbocycles. The van der Waals surface area contributed by atoms with E-state index in [9.17, 15) is 4.79 Å². The smallest absolute Gasteiger partial charge is 0.329 e. The molecule has 0 unspecified atom stereocenters. The highest BCUT2D eigenvalue weighted by atomic mass is 32.1. The predicted molar refractivity (Wildman–Crippen MR) is 97.1 cm³/mol. The van der Waals surface area contributed by atoms with Crippen molar-refractivity contribution >= 4 is 33.2 Å². The van der Waals surface area contributed by atoms with Crippen LogP contribution in [0.1, 0.15) is 23.3 Å². The second kappa shape index (κ2) is 7.96. The molecule has 3 aromatic rings. The quantitative estimate of drug-likeness (QED) is 0.657. The number of rotatable bonds is 7. The van der Waals surface area contributed by atoms with E-state index in [-0.39, 0.29) is 13.2 Å². The summed E-state index contributed by atoms with van der Waals surface area (Å²) in [4.78, 5) is 24.1. The normalized spacial score (nSPS) is 11.8. The zero-order valence-electron chi connectivity index (χ0n) is 13.7. The van der Waals surface area contributed by atoms with Crippen molar-refractivity contribution in [3.63, 3.8) is 0 Å². The highest BCUT2D eigenvalue weighted by molar-refractivity contribution is 7.18. The van der Waals surface area contributed by atoms with E-state index >= 15 is 0 Å². The monoisotopic (exact) mass is 355 g/mol. The van der Waals surface area contributed by atoms with Crippen molar-refractivity contribution < 1.29 is 14.6 Å². The zero-order valence-corrected chi connectivity index (χ0v) is 14.5. The average molecular weight is 355 g/mol. The van der Waals surface area contributed by atoms with Gasteiger partial charge in [0.05, 0.1) is 40.5 Å². The number of carboxylic acid groups (broad SMARTS) is 1. The largest absolute Gasteiger partial charge is 0.480 e. The predicted octanol–water partition coefficient (Wildman–Crippen LogP) is 3.30. The fourth-order valence-corrected chi connectivity index (χ4v) is 3.15. The highest BCUT2D eigenvalue weighted by Gasteiger charge is 2.05. The minimum atomic E-state index is -0.996. The number of nitrogens with zero attached hydrogens (tertiary/aromatic N) is 3. The summed E-state index contributed by atoms with van der Waals surface area (Å²) in [7, 11) is 0. The molecule has 2 heterocycles. The molecule has 2 aromatic heterocycles. The van der Waals surface area contributed by atoms with Gasteiger partial charge in [-0.1, -0.05) is 18.2 Å². The van der Waals surface area contributed by atoms with Crippen molar-refractivity contribution in [1.82, 2.24) is 9.97 Å². The summed E-state index contributed by atoms with van der Waals surface area (Å²) in [6.45, 7) is 2.23. The van der Waals surface area contributed by atoms with Crippen LogP contribution >= 0.6 is 11.3 Å². The van der Waals surface area contributed by atoms with Crippen LogP contribution in [0.5, 0.6) is 0 Å². The summed E-state index contributed by atoms with van der Waals surface area (Å²) < 4.78 is 6.22. The van der Waals surface area contributed by atoms with Crippen LogP contribution < -0.4 is 0 Å². The van der Waals surface area contributed by atoms with E-state index in [2.05, 4.69) is 21.0 Å². The Hall–Kier alpha value is -2.64. The summed E-state index contributed by atoms with van der Waals surface area (Å²) >= 11 is 1.64. The van der Waals surface area contributed by atoms with Gasteiger partial charge >= 0.3 is 5.97 Å². The maximum absolute atomic E-state index is 10.5. The molecule has 25 heavy (non-hydrogen) atoms. The highest BCUT2D eigenvalue weighted by Crippen LogP contribution is 2.22. The molecule has 6 nitrogen and oxygen atoms in total. The summed E-state index contributed by atoms with van der Waals surface area (Å²) in [5.74, 6) is -0.996. The molecule has 0 aliphatic rings. The number of thiazole rings is 1. The van der Waals surface area contributed by atoms with Crippen LogP contribution in [-0.2, 0) is 22.7 Å². The van der Waals surface area contributed by atoms with Crippen LogP contribution in [0.15, 0.2) is 47.5 Å². The van der Waals surface area contributed by atoms with E-state index in [4.69, 9.17) is 9.84 Å². The van der Waals surface area contributed by atoms with Gasteiger partial charge in [0.1, 0.15) is 11.6 Å². The van der Waals surface area contributed by atoms with Gasteiger partial charge in [0.25, 0.3) is 0 Å². The Labute approximate surface area is 148 Å². The van der Waals surface area contributed by atoms with Gasteiger partial charge in [-0.05, 0) is 31.2 Å². The second-order valence-corrected chi connectivity index (χ2v) is 6.49. The first kappa shape index (κ1) is 17.2. The number of aliphatic carboxylic acids is 1. The number of aliphatic imine (C=N–C) groups is 1. The Kier molecular flexibility index (Phi) is 5.47. The average Bonchev–Trinajstić information content (AvgIpc) is 3.02. The molecule has 3 rings (SSSR count). The number of hydrogen-bond donors (Lipinski definition) is 1. The van der Waals surface area contributed by atoms with Crippen LogP contribution in [0.2, 0.25) is 0 Å². The van der Waals surface area contributed by atoms with Gasteiger partial charge < -0.3 is 9.84 Å². The van der Waals surface area contributed by atoms with Gasteiger partial charge in [-0.2, -0.15) is 0 Å². The molecule has 0 aliphatic heterocycles. The lowest BCUT2D eigenvalue weighted by molar-refractivity contribution is -0.142. The Morgan fingerprint density at radius 2 is 2.04 bits per heavy atom. The maximum atomic E-state index is 10.5. The summed E-state index contributed by atoms with van der Waals surface area (Å²) in [6, 6.07) is 13.6. The number of pyridine rings is 1. The second-order valence-electron chi connectivity index (χ2n) is 5.38. The van der Waals surface area contributed by atoms with Crippen molar-refractivity contribution in [2.45, 2.75) is 20.1 Å². The first-order chi connectivity index (χ1) is 12.1. The zero-order chi connectivity index (χ0) is 17.6. The van der Waals surface area contributed by atoms with E-state index < -0.39 is 5.97 Å². The first-order valence-corrected chi connectivity index (χ1v) is 8.55. The third-order valence-electron chi connectivity index (χ3n) is 3.44. The lowest BCUT2D eigenvalue weighted by Gasteiger charge is -2.04. The van der Waals surface area contributed by atoms with Gasteiger partial charge in [0.2, 0.25) is 0 Å². The van der Waals surface area contributed by atoms with Gasteiger partial charge in [-0.25, -0.2) is 14.8 Å². The lowest BCUT2D eigenvalue weighted by atomic mass is 10.2. The Morgan fingerprint density at radius 3 is 2.84 bits per heavy atom. The third-order valence-corrected chi connectivity index (χ3v) is 4.46. The molecular weight excluding hydrogens is 338 g/mol. The molecule has 0 spiro atoms. The number of carbonyl (C=O) groups is 1. The number of benzene rings is 1. The molecule has 0 atom stereocenters. The van der Waals surface area contributed by atoms with E-state index in [1.807, 2.05) is 37.3 Å². The van der Waals surface area contributed by atoms with E-state index in [0.717, 1.165) is 26.6 Å². The molecule has 0 fully saturated rings. The molecule has 128 valence electrons. The lowest BCUT2D eigenvalue weighted by Crippen LogP contribution is -2.08.